The van der Waals surface area contributed by atoms with Crippen LogP contribution in [-0.4, -0.2) is 16.2 Å². The normalized spacial score (nSPS) is 10.7. The fourth-order valence-electron chi connectivity index (χ4n) is 1.17. The van der Waals surface area contributed by atoms with Crippen molar-refractivity contribution in [2.45, 2.75) is 6.92 Å². The summed E-state index contributed by atoms with van der Waals surface area (Å²) in [6, 6.07) is 7.65. The molecule has 2 aromatic rings. The summed E-state index contributed by atoms with van der Waals surface area (Å²) in [5, 5.41) is 4.08. The van der Waals surface area contributed by atoms with Crippen LogP contribution in [0.3, 0.4) is 0 Å². The number of hydrazone groups is 1. The summed E-state index contributed by atoms with van der Waals surface area (Å²) in [4.78, 5) is 8.27. The maximum atomic E-state index is 4.18. The van der Waals surface area contributed by atoms with Crippen LogP contribution in [0.5, 0.6) is 0 Å². The lowest BCUT2D eigenvalue weighted by molar-refractivity contribution is 1.20. The van der Waals surface area contributed by atoms with E-state index in [-0.39, 0.29) is 0 Å². The Kier molecular flexibility index (Phi) is 3.82. The Morgan fingerprint density at radius 2 is 2.06 bits per heavy atom. The molecule has 0 aliphatic carbocycles. The van der Waals surface area contributed by atoms with Gasteiger partial charge in [-0.1, -0.05) is 6.07 Å². The van der Waals surface area contributed by atoms with Crippen LogP contribution >= 0.6 is 15.9 Å². The molecule has 0 saturated heterocycles. The molecule has 0 atom stereocenters. The van der Waals surface area contributed by atoms with E-state index in [0.717, 1.165) is 21.5 Å². The molecule has 0 aliphatic heterocycles. The van der Waals surface area contributed by atoms with Crippen molar-refractivity contribution in [2.75, 3.05) is 5.43 Å². The predicted octanol–water partition coefficient (Wildman–Crippen LogP) is 2.99. The Labute approximate surface area is 108 Å². The predicted molar refractivity (Wildman–Crippen MR) is 72.1 cm³/mol. The molecule has 0 aliphatic rings. The number of halogens is 1. The number of nitrogens with zero attached hydrogens (tertiary/aromatic N) is 3. The monoisotopic (exact) mass is 290 g/mol. The van der Waals surface area contributed by atoms with Crippen molar-refractivity contribution in [1.29, 1.82) is 0 Å². The zero-order valence-corrected chi connectivity index (χ0v) is 10.8. The Morgan fingerprint density at radius 3 is 2.71 bits per heavy atom. The summed E-state index contributed by atoms with van der Waals surface area (Å²) >= 11 is 3.28. The molecular formula is C12H11BrN4. The fourth-order valence-corrected chi connectivity index (χ4v) is 1.41. The van der Waals surface area contributed by atoms with Gasteiger partial charge in [0.1, 0.15) is 10.4 Å². The number of aryl methyl sites for hydroxylation is 1. The van der Waals surface area contributed by atoms with Gasteiger partial charge in [0.25, 0.3) is 0 Å². The first-order chi connectivity index (χ1) is 8.24. The van der Waals surface area contributed by atoms with Gasteiger partial charge in [-0.05, 0) is 46.6 Å². The van der Waals surface area contributed by atoms with Crippen molar-refractivity contribution in [2.24, 2.45) is 5.10 Å². The van der Waals surface area contributed by atoms with Gasteiger partial charge in [0.2, 0.25) is 0 Å². The number of nitrogens with one attached hydrogen (secondary N) is 1. The summed E-state index contributed by atoms with van der Waals surface area (Å²) < 4.78 is 0.808. The highest BCUT2D eigenvalue weighted by Crippen LogP contribution is 2.05. The van der Waals surface area contributed by atoms with Crippen molar-refractivity contribution in [3.63, 3.8) is 0 Å². The molecule has 1 N–H and O–H groups in total. The van der Waals surface area contributed by atoms with E-state index < -0.39 is 0 Å². The second kappa shape index (κ2) is 5.54. The Hall–Kier alpha value is -1.75. The van der Waals surface area contributed by atoms with Gasteiger partial charge >= 0.3 is 0 Å². The molecule has 2 aromatic heterocycles. The van der Waals surface area contributed by atoms with E-state index >= 15 is 0 Å². The van der Waals surface area contributed by atoms with Crippen LogP contribution in [0.2, 0.25) is 0 Å². The molecule has 0 amide bonds. The second-order valence-electron chi connectivity index (χ2n) is 3.51. The summed E-state index contributed by atoms with van der Waals surface area (Å²) in [5.74, 6) is 0.719. The summed E-state index contributed by atoms with van der Waals surface area (Å²) in [6.07, 6.45) is 5.22. The van der Waals surface area contributed by atoms with Gasteiger partial charge < -0.3 is 0 Å². The van der Waals surface area contributed by atoms with Crippen LogP contribution in [0, 0.1) is 6.92 Å². The largest absolute Gasteiger partial charge is 0.261 e. The molecular weight excluding hydrogens is 280 g/mol. The molecule has 17 heavy (non-hydrogen) atoms. The summed E-state index contributed by atoms with van der Waals surface area (Å²) in [7, 11) is 0. The average Bonchev–Trinajstić information content (AvgIpc) is 2.34. The molecule has 0 saturated carbocycles. The van der Waals surface area contributed by atoms with Crippen molar-refractivity contribution in [3.05, 3.63) is 52.4 Å². The molecule has 0 aromatic carbocycles. The standard InChI is InChI=1S/C12H11BrN4/c1-9-2-5-12(15-6-9)17-16-8-10-3-4-11(13)14-7-10/h2-8H,1H3,(H,15,17). The van der Waals surface area contributed by atoms with Gasteiger partial charge in [-0.15, -0.1) is 0 Å². The molecule has 86 valence electrons. The zero-order valence-electron chi connectivity index (χ0n) is 9.26. The number of hydrogen-bond donors (Lipinski definition) is 1. The molecule has 5 heteroatoms. The fraction of sp³-hybridized carbons (Fsp3) is 0.0833. The van der Waals surface area contributed by atoms with E-state index in [2.05, 4.69) is 36.4 Å². The van der Waals surface area contributed by atoms with E-state index in [1.807, 2.05) is 31.2 Å². The third-order valence-electron chi connectivity index (χ3n) is 2.05. The van der Waals surface area contributed by atoms with Gasteiger partial charge in [-0.3, -0.25) is 5.43 Å². The molecule has 2 rings (SSSR count). The van der Waals surface area contributed by atoms with Gasteiger partial charge in [-0.2, -0.15) is 5.10 Å². The smallest absolute Gasteiger partial charge is 0.146 e. The van der Waals surface area contributed by atoms with Crippen molar-refractivity contribution < 1.29 is 0 Å². The highest BCUT2D eigenvalue weighted by atomic mass is 79.9. The Morgan fingerprint density at radius 1 is 1.18 bits per heavy atom. The maximum Gasteiger partial charge on any atom is 0.146 e. The zero-order chi connectivity index (χ0) is 12.1. The molecule has 0 radical (unpaired) electrons. The summed E-state index contributed by atoms with van der Waals surface area (Å²) in [5.41, 5.74) is 4.90. The van der Waals surface area contributed by atoms with E-state index in [9.17, 15) is 0 Å². The molecule has 0 fully saturated rings. The van der Waals surface area contributed by atoms with Crippen LogP contribution in [-0.2, 0) is 0 Å². The highest BCUT2D eigenvalue weighted by Gasteiger charge is 1.91. The van der Waals surface area contributed by atoms with E-state index in [1.54, 1.807) is 18.6 Å². The van der Waals surface area contributed by atoms with Gasteiger partial charge in [0.15, 0.2) is 0 Å². The number of anilines is 1. The SMILES string of the molecule is Cc1ccc(NN=Cc2ccc(Br)nc2)nc1. The van der Waals surface area contributed by atoms with E-state index in [1.165, 1.54) is 0 Å². The third kappa shape index (κ3) is 3.64. The Bertz CT molecular complexity index is 505. The minimum Gasteiger partial charge on any atom is -0.261 e. The molecule has 4 nitrogen and oxygen atoms in total. The van der Waals surface area contributed by atoms with Crippen molar-refractivity contribution in [1.82, 2.24) is 9.97 Å². The van der Waals surface area contributed by atoms with Crippen molar-refractivity contribution >= 4 is 28.0 Å². The van der Waals surface area contributed by atoms with Crippen LogP contribution in [0.1, 0.15) is 11.1 Å². The molecule has 0 unspecified atom stereocenters. The first kappa shape index (κ1) is 11.7. The lowest BCUT2D eigenvalue weighted by Gasteiger charge is -1.99. The number of rotatable bonds is 3. The lowest BCUT2D eigenvalue weighted by Crippen LogP contribution is -1.93. The molecule has 0 bridgehead atoms. The average molecular weight is 291 g/mol. The minimum atomic E-state index is 0.719. The highest BCUT2D eigenvalue weighted by molar-refractivity contribution is 9.10. The number of hydrogen-bond acceptors (Lipinski definition) is 4. The second-order valence-corrected chi connectivity index (χ2v) is 4.32. The van der Waals surface area contributed by atoms with Crippen molar-refractivity contribution in [3.8, 4) is 0 Å². The first-order valence-corrected chi connectivity index (χ1v) is 5.86. The quantitative estimate of drug-likeness (QED) is 0.537. The Balaban J connectivity index is 1.97. The van der Waals surface area contributed by atoms with Crippen LogP contribution in [0.15, 0.2) is 46.4 Å². The van der Waals surface area contributed by atoms with E-state index in [0.29, 0.717) is 0 Å². The van der Waals surface area contributed by atoms with Crippen LogP contribution < -0.4 is 5.43 Å². The molecule has 0 spiro atoms. The lowest BCUT2D eigenvalue weighted by atomic mass is 10.3. The first-order valence-electron chi connectivity index (χ1n) is 5.07. The van der Waals surface area contributed by atoms with Crippen LogP contribution in [0.4, 0.5) is 5.82 Å². The van der Waals surface area contributed by atoms with Crippen LogP contribution in [0.25, 0.3) is 0 Å². The van der Waals surface area contributed by atoms with Gasteiger partial charge in [0, 0.05) is 18.0 Å². The van der Waals surface area contributed by atoms with E-state index in [4.69, 9.17) is 0 Å². The minimum absolute atomic E-state index is 0.719. The topological polar surface area (TPSA) is 50.2 Å². The molecule has 2 heterocycles. The number of pyridine rings is 2. The third-order valence-corrected chi connectivity index (χ3v) is 2.52. The van der Waals surface area contributed by atoms with Gasteiger partial charge in [0.05, 0.1) is 6.21 Å². The summed E-state index contributed by atoms with van der Waals surface area (Å²) in [6.45, 7) is 1.99. The van der Waals surface area contributed by atoms with Gasteiger partial charge in [-0.25, -0.2) is 9.97 Å². The number of aromatic nitrogens is 2. The maximum absolute atomic E-state index is 4.18.